The van der Waals surface area contributed by atoms with Gasteiger partial charge in [0.2, 0.25) is 0 Å². The van der Waals surface area contributed by atoms with E-state index in [1.165, 1.54) is 16.8 Å². The van der Waals surface area contributed by atoms with E-state index >= 15 is 0 Å². The summed E-state index contributed by atoms with van der Waals surface area (Å²) in [5.41, 5.74) is 10.5. The Labute approximate surface area is 102 Å². The Balaban J connectivity index is 2.25. The Morgan fingerprint density at radius 2 is 1.88 bits per heavy atom. The predicted octanol–water partition coefficient (Wildman–Crippen LogP) is 2.05. The van der Waals surface area contributed by atoms with Crippen molar-refractivity contribution in [2.45, 2.75) is 26.8 Å². The fraction of sp³-hybridized carbons (Fsp3) is 0.357. The van der Waals surface area contributed by atoms with Gasteiger partial charge in [0.1, 0.15) is 0 Å². The summed E-state index contributed by atoms with van der Waals surface area (Å²) in [4.78, 5) is 0. The summed E-state index contributed by atoms with van der Waals surface area (Å²) in [5.74, 6) is 0. The highest BCUT2D eigenvalue weighted by atomic mass is 15.3. The van der Waals surface area contributed by atoms with Gasteiger partial charge in [0.05, 0.1) is 12.2 Å². The van der Waals surface area contributed by atoms with Crippen molar-refractivity contribution in [2.75, 3.05) is 6.54 Å². The van der Waals surface area contributed by atoms with E-state index in [4.69, 9.17) is 5.73 Å². The first-order chi connectivity index (χ1) is 8.22. The SMILES string of the molecule is Cc1nn(Cc2ccccc2)c(C)c1CCN. The molecule has 2 N–H and O–H groups in total. The molecule has 0 aliphatic rings. The summed E-state index contributed by atoms with van der Waals surface area (Å²) in [5, 5.41) is 4.59. The maximum atomic E-state index is 5.62. The molecule has 1 heterocycles. The van der Waals surface area contributed by atoms with E-state index in [2.05, 4.69) is 47.9 Å². The van der Waals surface area contributed by atoms with Crippen LogP contribution in [0.1, 0.15) is 22.5 Å². The van der Waals surface area contributed by atoms with Gasteiger partial charge in [0.25, 0.3) is 0 Å². The summed E-state index contributed by atoms with van der Waals surface area (Å²) in [6.45, 7) is 5.68. The van der Waals surface area contributed by atoms with E-state index in [9.17, 15) is 0 Å². The van der Waals surface area contributed by atoms with Crippen LogP contribution in [0.4, 0.5) is 0 Å². The molecule has 0 unspecified atom stereocenters. The molecule has 0 aliphatic heterocycles. The minimum absolute atomic E-state index is 0.679. The molecule has 17 heavy (non-hydrogen) atoms. The van der Waals surface area contributed by atoms with Crippen LogP contribution in [0, 0.1) is 13.8 Å². The molecule has 2 rings (SSSR count). The van der Waals surface area contributed by atoms with E-state index in [0.29, 0.717) is 6.54 Å². The van der Waals surface area contributed by atoms with Crippen molar-refractivity contribution in [2.24, 2.45) is 5.73 Å². The first-order valence-corrected chi connectivity index (χ1v) is 5.99. The average Bonchev–Trinajstić information content (AvgIpc) is 2.59. The molecule has 0 spiro atoms. The Kier molecular flexibility index (Phi) is 3.59. The van der Waals surface area contributed by atoms with E-state index in [1.807, 2.05) is 6.07 Å². The van der Waals surface area contributed by atoms with Gasteiger partial charge >= 0.3 is 0 Å². The zero-order chi connectivity index (χ0) is 12.3. The van der Waals surface area contributed by atoms with Crippen LogP contribution >= 0.6 is 0 Å². The molecule has 0 radical (unpaired) electrons. The lowest BCUT2D eigenvalue weighted by Crippen LogP contribution is -2.06. The standard InChI is InChI=1S/C14H19N3/c1-11-14(8-9-15)12(2)17(16-11)10-13-6-4-3-5-7-13/h3-7H,8-10,15H2,1-2H3. The summed E-state index contributed by atoms with van der Waals surface area (Å²) < 4.78 is 2.07. The molecule has 0 amide bonds. The van der Waals surface area contributed by atoms with Gasteiger partial charge in [0, 0.05) is 5.69 Å². The molecular formula is C14H19N3. The monoisotopic (exact) mass is 229 g/mol. The molecular weight excluding hydrogens is 210 g/mol. The largest absolute Gasteiger partial charge is 0.330 e. The van der Waals surface area contributed by atoms with Gasteiger partial charge in [0.15, 0.2) is 0 Å². The highest BCUT2D eigenvalue weighted by Gasteiger charge is 2.10. The van der Waals surface area contributed by atoms with Gasteiger partial charge in [-0.2, -0.15) is 5.10 Å². The van der Waals surface area contributed by atoms with Crippen molar-refractivity contribution in [3.05, 3.63) is 52.8 Å². The van der Waals surface area contributed by atoms with Crippen molar-refractivity contribution in [1.29, 1.82) is 0 Å². The Morgan fingerprint density at radius 1 is 1.18 bits per heavy atom. The van der Waals surface area contributed by atoms with Crippen LogP contribution in [0.25, 0.3) is 0 Å². The molecule has 0 saturated heterocycles. The molecule has 0 aliphatic carbocycles. The molecule has 2 aromatic rings. The number of aryl methyl sites for hydroxylation is 1. The second-order valence-corrected chi connectivity index (χ2v) is 4.33. The maximum absolute atomic E-state index is 5.62. The molecule has 3 heteroatoms. The molecule has 3 nitrogen and oxygen atoms in total. The van der Waals surface area contributed by atoms with Gasteiger partial charge in [-0.1, -0.05) is 30.3 Å². The number of aromatic nitrogens is 2. The fourth-order valence-corrected chi connectivity index (χ4v) is 2.15. The van der Waals surface area contributed by atoms with E-state index in [0.717, 1.165) is 18.7 Å². The number of nitrogens with two attached hydrogens (primary N) is 1. The molecule has 0 saturated carbocycles. The van der Waals surface area contributed by atoms with Crippen LogP contribution in [0.3, 0.4) is 0 Å². The second kappa shape index (κ2) is 5.15. The van der Waals surface area contributed by atoms with E-state index < -0.39 is 0 Å². The van der Waals surface area contributed by atoms with E-state index in [1.54, 1.807) is 0 Å². The lowest BCUT2D eigenvalue weighted by atomic mass is 10.1. The quantitative estimate of drug-likeness (QED) is 0.872. The van der Waals surface area contributed by atoms with E-state index in [-0.39, 0.29) is 0 Å². The van der Waals surface area contributed by atoms with Gasteiger partial charge in [-0.3, -0.25) is 4.68 Å². The first kappa shape index (κ1) is 11.9. The Hall–Kier alpha value is -1.61. The molecule has 0 atom stereocenters. The summed E-state index contributed by atoms with van der Waals surface area (Å²) in [7, 11) is 0. The number of hydrogen-bond donors (Lipinski definition) is 1. The topological polar surface area (TPSA) is 43.8 Å². The third kappa shape index (κ3) is 2.56. The van der Waals surface area contributed by atoms with Crippen LogP contribution in [-0.2, 0) is 13.0 Å². The number of nitrogens with zero attached hydrogens (tertiary/aromatic N) is 2. The molecule has 0 bridgehead atoms. The maximum Gasteiger partial charge on any atom is 0.0662 e. The summed E-state index contributed by atoms with van der Waals surface area (Å²) >= 11 is 0. The lowest BCUT2D eigenvalue weighted by molar-refractivity contribution is 0.658. The zero-order valence-electron chi connectivity index (χ0n) is 10.5. The van der Waals surface area contributed by atoms with Crippen molar-refractivity contribution < 1.29 is 0 Å². The minimum atomic E-state index is 0.679. The first-order valence-electron chi connectivity index (χ1n) is 5.99. The van der Waals surface area contributed by atoms with Crippen LogP contribution in [-0.4, -0.2) is 16.3 Å². The minimum Gasteiger partial charge on any atom is -0.330 e. The zero-order valence-corrected chi connectivity index (χ0v) is 10.5. The average molecular weight is 229 g/mol. The smallest absolute Gasteiger partial charge is 0.0662 e. The van der Waals surface area contributed by atoms with Crippen molar-refractivity contribution in [3.63, 3.8) is 0 Å². The fourth-order valence-electron chi connectivity index (χ4n) is 2.15. The Morgan fingerprint density at radius 3 is 2.53 bits per heavy atom. The second-order valence-electron chi connectivity index (χ2n) is 4.33. The third-order valence-electron chi connectivity index (χ3n) is 3.10. The highest BCUT2D eigenvalue weighted by molar-refractivity contribution is 5.26. The Bertz CT molecular complexity index is 486. The van der Waals surface area contributed by atoms with Gasteiger partial charge in [-0.05, 0) is 37.9 Å². The predicted molar refractivity (Wildman–Crippen MR) is 70.0 cm³/mol. The molecule has 1 aromatic heterocycles. The third-order valence-corrected chi connectivity index (χ3v) is 3.10. The summed E-state index contributed by atoms with van der Waals surface area (Å²) in [6.07, 6.45) is 0.909. The molecule has 90 valence electrons. The normalized spacial score (nSPS) is 10.8. The van der Waals surface area contributed by atoms with Gasteiger partial charge < -0.3 is 5.73 Å². The number of benzene rings is 1. The van der Waals surface area contributed by atoms with Gasteiger partial charge in [-0.15, -0.1) is 0 Å². The van der Waals surface area contributed by atoms with Crippen molar-refractivity contribution in [1.82, 2.24) is 9.78 Å². The lowest BCUT2D eigenvalue weighted by Gasteiger charge is -2.05. The van der Waals surface area contributed by atoms with Crippen LogP contribution in [0.2, 0.25) is 0 Å². The van der Waals surface area contributed by atoms with Crippen LogP contribution in [0.15, 0.2) is 30.3 Å². The van der Waals surface area contributed by atoms with Gasteiger partial charge in [-0.25, -0.2) is 0 Å². The van der Waals surface area contributed by atoms with Crippen molar-refractivity contribution >= 4 is 0 Å². The van der Waals surface area contributed by atoms with Crippen LogP contribution in [0.5, 0.6) is 0 Å². The molecule has 0 fully saturated rings. The highest BCUT2D eigenvalue weighted by Crippen LogP contribution is 2.14. The number of rotatable bonds is 4. The van der Waals surface area contributed by atoms with Crippen LogP contribution < -0.4 is 5.73 Å². The van der Waals surface area contributed by atoms with Crippen molar-refractivity contribution in [3.8, 4) is 0 Å². The summed E-state index contributed by atoms with van der Waals surface area (Å²) in [6, 6.07) is 10.4. The number of hydrogen-bond acceptors (Lipinski definition) is 2. The molecule has 1 aromatic carbocycles.